The Bertz CT molecular complexity index is 634. The fourth-order valence-corrected chi connectivity index (χ4v) is 2.51. The van der Waals surface area contributed by atoms with E-state index in [1.165, 1.54) is 12.7 Å². The topological polar surface area (TPSA) is 44.8 Å². The maximum atomic E-state index is 8.95. The SMILES string of the molecule is CCc1cccc(OC)c1COc1ccc(S)cc1C.COC=O. The van der Waals surface area contributed by atoms with Crippen LogP contribution in [0.3, 0.4) is 0 Å². The van der Waals surface area contributed by atoms with E-state index >= 15 is 0 Å². The van der Waals surface area contributed by atoms with Crippen LogP contribution in [0.4, 0.5) is 0 Å². The zero-order chi connectivity index (χ0) is 17.9. The van der Waals surface area contributed by atoms with E-state index in [-0.39, 0.29) is 0 Å². The van der Waals surface area contributed by atoms with Crippen molar-refractivity contribution in [3.63, 3.8) is 0 Å². The molecule has 0 aromatic heterocycles. The van der Waals surface area contributed by atoms with Crippen molar-refractivity contribution in [3.05, 3.63) is 53.1 Å². The van der Waals surface area contributed by atoms with Gasteiger partial charge in [0.15, 0.2) is 0 Å². The Hall–Kier alpha value is -2.14. The summed E-state index contributed by atoms with van der Waals surface area (Å²) in [6.07, 6.45) is 0.963. The summed E-state index contributed by atoms with van der Waals surface area (Å²) in [4.78, 5) is 9.90. The predicted molar refractivity (Wildman–Crippen MR) is 98.2 cm³/mol. The van der Waals surface area contributed by atoms with Gasteiger partial charge in [-0.3, -0.25) is 4.79 Å². The Labute approximate surface area is 149 Å². The molecule has 0 unspecified atom stereocenters. The van der Waals surface area contributed by atoms with E-state index in [2.05, 4.69) is 30.4 Å². The Morgan fingerprint density at radius 1 is 1.12 bits per heavy atom. The Morgan fingerprint density at radius 3 is 2.38 bits per heavy atom. The normalized spacial score (nSPS) is 9.54. The highest BCUT2D eigenvalue weighted by atomic mass is 32.1. The quantitative estimate of drug-likeness (QED) is 0.627. The van der Waals surface area contributed by atoms with E-state index in [0.29, 0.717) is 13.1 Å². The van der Waals surface area contributed by atoms with E-state index in [1.54, 1.807) is 7.11 Å². The largest absolute Gasteiger partial charge is 0.496 e. The molecule has 0 heterocycles. The van der Waals surface area contributed by atoms with Gasteiger partial charge in [0.2, 0.25) is 0 Å². The van der Waals surface area contributed by atoms with Crippen LogP contribution in [0.1, 0.15) is 23.6 Å². The molecule has 0 amide bonds. The third kappa shape index (κ3) is 5.81. The van der Waals surface area contributed by atoms with Gasteiger partial charge in [-0.25, -0.2) is 0 Å². The first kappa shape index (κ1) is 19.9. The van der Waals surface area contributed by atoms with Crippen LogP contribution in [0.25, 0.3) is 0 Å². The second-order valence-corrected chi connectivity index (χ2v) is 5.54. The summed E-state index contributed by atoms with van der Waals surface area (Å²) in [5, 5.41) is 0. The monoisotopic (exact) mass is 348 g/mol. The fraction of sp³-hybridized carbons (Fsp3) is 0.316. The van der Waals surface area contributed by atoms with Crippen LogP contribution < -0.4 is 9.47 Å². The standard InChI is InChI=1S/C17H20O2S.C2H4O2/c1-4-13-6-5-7-17(18-3)15(13)11-19-16-9-8-14(20)10-12(16)2;1-4-2-3/h5-10,20H,4,11H2,1-3H3;2H,1H3. The molecule has 2 aromatic rings. The van der Waals surface area contributed by atoms with E-state index in [0.717, 1.165) is 33.9 Å². The van der Waals surface area contributed by atoms with E-state index in [9.17, 15) is 0 Å². The summed E-state index contributed by atoms with van der Waals surface area (Å²) in [5.41, 5.74) is 3.46. The number of hydrogen-bond acceptors (Lipinski definition) is 5. The molecule has 2 rings (SSSR count). The van der Waals surface area contributed by atoms with Crippen molar-refractivity contribution in [1.29, 1.82) is 0 Å². The molecule has 0 spiro atoms. The smallest absolute Gasteiger partial charge is 0.292 e. The summed E-state index contributed by atoms with van der Waals surface area (Å²) in [6.45, 7) is 5.05. The maximum absolute atomic E-state index is 8.95. The van der Waals surface area contributed by atoms with Gasteiger partial charge >= 0.3 is 0 Å². The minimum absolute atomic E-state index is 0.375. The van der Waals surface area contributed by atoms with Gasteiger partial charge in [0, 0.05) is 10.5 Å². The van der Waals surface area contributed by atoms with Crippen molar-refractivity contribution in [3.8, 4) is 11.5 Å². The Morgan fingerprint density at radius 2 is 1.83 bits per heavy atom. The number of carbonyl (C=O) groups excluding carboxylic acids is 1. The fourth-order valence-electron chi connectivity index (χ4n) is 2.24. The first-order valence-electron chi connectivity index (χ1n) is 7.60. The molecule has 0 atom stereocenters. The van der Waals surface area contributed by atoms with Gasteiger partial charge in [-0.2, -0.15) is 0 Å². The third-order valence-electron chi connectivity index (χ3n) is 3.46. The van der Waals surface area contributed by atoms with E-state index in [1.807, 2.05) is 37.3 Å². The van der Waals surface area contributed by atoms with Crippen molar-refractivity contribution in [2.24, 2.45) is 0 Å². The highest BCUT2D eigenvalue weighted by Gasteiger charge is 2.09. The predicted octanol–water partition coefficient (Wildman–Crippen LogP) is 4.22. The Kier molecular flexibility index (Phi) is 8.79. The van der Waals surface area contributed by atoms with Crippen molar-refractivity contribution < 1.29 is 19.0 Å². The zero-order valence-corrected chi connectivity index (χ0v) is 15.4. The van der Waals surface area contributed by atoms with Crippen molar-refractivity contribution >= 4 is 19.1 Å². The zero-order valence-electron chi connectivity index (χ0n) is 14.5. The second-order valence-electron chi connectivity index (χ2n) is 5.02. The summed E-state index contributed by atoms with van der Waals surface area (Å²) in [6, 6.07) is 12.0. The minimum Gasteiger partial charge on any atom is -0.496 e. The van der Waals surface area contributed by atoms with Crippen molar-refractivity contribution in [2.75, 3.05) is 14.2 Å². The molecule has 24 heavy (non-hydrogen) atoms. The molecule has 0 N–H and O–H groups in total. The van der Waals surface area contributed by atoms with Crippen LogP contribution in [0.5, 0.6) is 11.5 Å². The van der Waals surface area contributed by atoms with Crippen LogP contribution in [0, 0.1) is 6.92 Å². The summed E-state index contributed by atoms with van der Waals surface area (Å²) < 4.78 is 15.2. The minimum atomic E-state index is 0.375. The highest BCUT2D eigenvalue weighted by molar-refractivity contribution is 7.80. The van der Waals surface area contributed by atoms with Crippen molar-refractivity contribution in [2.45, 2.75) is 31.8 Å². The number of hydrogen-bond donors (Lipinski definition) is 1. The first-order valence-corrected chi connectivity index (χ1v) is 8.05. The second kappa shape index (κ2) is 10.6. The molecule has 0 saturated heterocycles. The molecular weight excluding hydrogens is 324 g/mol. The summed E-state index contributed by atoms with van der Waals surface area (Å²) in [5.74, 6) is 1.77. The molecule has 5 heteroatoms. The molecule has 4 nitrogen and oxygen atoms in total. The molecule has 0 bridgehead atoms. The lowest BCUT2D eigenvalue weighted by Crippen LogP contribution is -2.03. The number of methoxy groups -OCH3 is 2. The first-order chi connectivity index (χ1) is 11.6. The molecule has 0 saturated carbocycles. The molecule has 0 radical (unpaired) electrons. The number of aryl methyl sites for hydroxylation is 2. The average Bonchev–Trinajstić information content (AvgIpc) is 2.60. The van der Waals surface area contributed by atoms with Gasteiger partial charge in [-0.05, 0) is 48.7 Å². The molecule has 0 aliphatic heterocycles. The molecule has 0 aliphatic rings. The van der Waals surface area contributed by atoms with Gasteiger partial charge < -0.3 is 14.2 Å². The third-order valence-corrected chi connectivity index (χ3v) is 3.74. The molecular formula is C19H24O4S. The van der Waals surface area contributed by atoms with Gasteiger partial charge in [0.1, 0.15) is 18.1 Å². The molecule has 130 valence electrons. The summed E-state index contributed by atoms with van der Waals surface area (Å²) in [7, 11) is 3.01. The lowest BCUT2D eigenvalue weighted by atomic mass is 10.0. The van der Waals surface area contributed by atoms with Gasteiger partial charge in [-0.1, -0.05) is 19.1 Å². The molecule has 0 aliphatic carbocycles. The van der Waals surface area contributed by atoms with Gasteiger partial charge in [0.25, 0.3) is 6.47 Å². The number of benzene rings is 2. The lowest BCUT2D eigenvalue weighted by Gasteiger charge is -2.15. The van der Waals surface area contributed by atoms with E-state index in [4.69, 9.17) is 14.3 Å². The van der Waals surface area contributed by atoms with Crippen LogP contribution in [-0.4, -0.2) is 20.7 Å². The van der Waals surface area contributed by atoms with Gasteiger partial charge in [-0.15, -0.1) is 12.6 Å². The number of carbonyl (C=O) groups is 1. The van der Waals surface area contributed by atoms with Gasteiger partial charge in [0.05, 0.1) is 14.2 Å². The van der Waals surface area contributed by atoms with E-state index < -0.39 is 0 Å². The lowest BCUT2D eigenvalue weighted by molar-refractivity contribution is -0.126. The number of ether oxygens (including phenoxy) is 3. The molecule has 2 aromatic carbocycles. The number of thiol groups is 1. The maximum Gasteiger partial charge on any atom is 0.292 e. The van der Waals surface area contributed by atoms with Crippen LogP contribution in [0.2, 0.25) is 0 Å². The molecule has 0 fully saturated rings. The summed E-state index contributed by atoms with van der Waals surface area (Å²) >= 11 is 4.33. The highest BCUT2D eigenvalue weighted by Crippen LogP contribution is 2.27. The Balaban J connectivity index is 0.000000648. The van der Waals surface area contributed by atoms with Crippen molar-refractivity contribution in [1.82, 2.24) is 0 Å². The van der Waals surface area contributed by atoms with Crippen LogP contribution >= 0.6 is 12.6 Å². The number of rotatable bonds is 6. The average molecular weight is 348 g/mol. The van der Waals surface area contributed by atoms with Crippen LogP contribution in [0.15, 0.2) is 41.3 Å². The van der Waals surface area contributed by atoms with Crippen LogP contribution in [-0.2, 0) is 22.6 Å².